The molecule has 0 fully saturated rings. The van der Waals surface area contributed by atoms with Gasteiger partial charge in [0.1, 0.15) is 5.75 Å². The average Bonchev–Trinajstić information content (AvgIpc) is 2.53. The van der Waals surface area contributed by atoms with Crippen LogP contribution in [0.2, 0.25) is 5.02 Å². The second-order valence-corrected chi connectivity index (χ2v) is 5.41. The lowest BCUT2D eigenvalue weighted by Gasteiger charge is -2.18. The lowest BCUT2D eigenvalue weighted by atomic mass is 10.1. The van der Waals surface area contributed by atoms with Crippen LogP contribution in [-0.2, 0) is 0 Å². The van der Waals surface area contributed by atoms with Crippen molar-refractivity contribution in [3.05, 3.63) is 64.7 Å². The van der Waals surface area contributed by atoms with Crippen molar-refractivity contribution in [1.29, 1.82) is 0 Å². The van der Waals surface area contributed by atoms with Gasteiger partial charge in [0.25, 0.3) is 0 Å². The molecule has 2 aromatic rings. The van der Waals surface area contributed by atoms with Crippen LogP contribution in [0.1, 0.15) is 30.2 Å². The quantitative estimate of drug-likeness (QED) is 0.854. The maximum atomic E-state index is 10.2. The fraction of sp³-hybridized carbons (Fsp3) is 0.294. The van der Waals surface area contributed by atoms with Crippen LogP contribution in [0.5, 0.6) is 5.75 Å². The summed E-state index contributed by atoms with van der Waals surface area (Å²) in [4.78, 5) is 0. The van der Waals surface area contributed by atoms with Gasteiger partial charge in [0.2, 0.25) is 0 Å². The number of methoxy groups -OCH3 is 1. The molecule has 0 saturated heterocycles. The van der Waals surface area contributed by atoms with E-state index in [0.29, 0.717) is 11.6 Å². The van der Waals surface area contributed by atoms with Crippen LogP contribution >= 0.6 is 11.6 Å². The molecule has 0 aromatic heterocycles. The van der Waals surface area contributed by atoms with Gasteiger partial charge in [-0.2, -0.15) is 0 Å². The summed E-state index contributed by atoms with van der Waals surface area (Å²) in [5.74, 6) is 0.833. The Kier molecular flexibility index (Phi) is 5.62. The Morgan fingerprint density at radius 3 is 2.52 bits per heavy atom. The lowest BCUT2D eigenvalue weighted by Crippen LogP contribution is -2.24. The van der Waals surface area contributed by atoms with Gasteiger partial charge >= 0.3 is 0 Å². The Morgan fingerprint density at radius 1 is 1.14 bits per heavy atom. The molecule has 2 rings (SSSR count). The van der Waals surface area contributed by atoms with Crippen molar-refractivity contribution < 1.29 is 9.84 Å². The lowest BCUT2D eigenvalue weighted by molar-refractivity contribution is 0.171. The number of aliphatic hydroxyl groups excluding tert-OH is 1. The number of halogens is 1. The second-order valence-electron chi connectivity index (χ2n) is 4.97. The zero-order valence-corrected chi connectivity index (χ0v) is 13.0. The summed E-state index contributed by atoms with van der Waals surface area (Å²) < 4.78 is 5.22. The van der Waals surface area contributed by atoms with Crippen molar-refractivity contribution in [2.24, 2.45) is 0 Å². The van der Waals surface area contributed by atoms with Crippen molar-refractivity contribution in [2.45, 2.75) is 19.1 Å². The number of hydrogen-bond acceptors (Lipinski definition) is 3. The first kappa shape index (κ1) is 15.8. The smallest absolute Gasteiger partial charge is 0.119 e. The molecule has 2 aromatic carbocycles. The van der Waals surface area contributed by atoms with E-state index in [4.69, 9.17) is 16.3 Å². The first-order chi connectivity index (χ1) is 10.1. The van der Waals surface area contributed by atoms with E-state index < -0.39 is 6.10 Å². The summed E-state index contributed by atoms with van der Waals surface area (Å²) in [6, 6.07) is 15.3. The molecule has 112 valence electrons. The van der Waals surface area contributed by atoms with E-state index in [2.05, 4.69) is 12.2 Å². The topological polar surface area (TPSA) is 41.5 Å². The van der Waals surface area contributed by atoms with Crippen molar-refractivity contribution in [3.8, 4) is 5.75 Å². The van der Waals surface area contributed by atoms with Gasteiger partial charge in [-0.05, 0) is 42.3 Å². The third-order valence-corrected chi connectivity index (χ3v) is 3.72. The Morgan fingerprint density at radius 2 is 1.86 bits per heavy atom. The summed E-state index contributed by atoms with van der Waals surface area (Å²) in [5.41, 5.74) is 1.97. The summed E-state index contributed by atoms with van der Waals surface area (Å²) in [6.07, 6.45) is -0.560. The summed E-state index contributed by atoms with van der Waals surface area (Å²) in [6.45, 7) is 2.53. The van der Waals surface area contributed by atoms with Gasteiger partial charge in [-0.15, -0.1) is 0 Å². The maximum Gasteiger partial charge on any atom is 0.119 e. The highest BCUT2D eigenvalue weighted by atomic mass is 35.5. The van der Waals surface area contributed by atoms with E-state index in [1.165, 1.54) is 0 Å². The van der Waals surface area contributed by atoms with Crippen LogP contribution in [0.25, 0.3) is 0 Å². The van der Waals surface area contributed by atoms with Crippen LogP contribution in [-0.4, -0.2) is 18.8 Å². The molecule has 0 amide bonds. The molecule has 0 bridgehead atoms. The fourth-order valence-electron chi connectivity index (χ4n) is 2.12. The maximum absolute atomic E-state index is 10.2. The van der Waals surface area contributed by atoms with Crippen molar-refractivity contribution in [2.75, 3.05) is 13.7 Å². The van der Waals surface area contributed by atoms with E-state index in [1.54, 1.807) is 19.2 Å². The first-order valence-electron chi connectivity index (χ1n) is 6.91. The van der Waals surface area contributed by atoms with Crippen molar-refractivity contribution >= 4 is 11.6 Å². The molecule has 0 aliphatic heterocycles. The van der Waals surface area contributed by atoms with Crippen LogP contribution < -0.4 is 10.1 Å². The van der Waals surface area contributed by atoms with Gasteiger partial charge in [0.05, 0.1) is 13.2 Å². The number of aliphatic hydroxyl groups is 1. The van der Waals surface area contributed by atoms with Gasteiger partial charge in [0.15, 0.2) is 0 Å². The number of ether oxygens (including phenoxy) is 1. The van der Waals surface area contributed by atoms with Crippen LogP contribution in [0.3, 0.4) is 0 Å². The highest BCUT2D eigenvalue weighted by Crippen LogP contribution is 2.20. The molecule has 3 nitrogen and oxygen atoms in total. The molecular weight excluding hydrogens is 286 g/mol. The molecule has 2 N–H and O–H groups in total. The van der Waals surface area contributed by atoms with Gasteiger partial charge in [0, 0.05) is 17.6 Å². The third kappa shape index (κ3) is 4.46. The zero-order chi connectivity index (χ0) is 15.2. The van der Waals surface area contributed by atoms with Gasteiger partial charge < -0.3 is 15.2 Å². The Bertz CT molecular complexity index is 571. The monoisotopic (exact) mass is 305 g/mol. The normalized spacial score (nSPS) is 13.7. The van der Waals surface area contributed by atoms with E-state index in [9.17, 15) is 5.11 Å². The third-order valence-electron chi connectivity index (χ3n) is 3.47. The van der Waals surface area contributed by atoms with E-state index >= 15 is 0 Å². The van der Waals surface area contributed by atoms with Crippen molar-refractivity contribution in [3.63, 3.8) is 0 Å². The Hall–Kier alpha value is -1.55. The second kappa shape index (κ2) is 7.46. The molecule has 0 aliphatic carbocycles. The highest BCUT2D eigenvalue weighted by molar-refractivity contribution is 6.30. The minimum atomic E-state index is -0.560. The predicted molar refractivity (Wildman–Crippen MR) is 85.8 cm³/mol. The predicted octanol–water partition coefficient (Wildman–Crippen LogP) is 3.73. The fourth-order valence-corrected chi connectivity index (χ4v) is 2.25. The molecule has 0 heterocycles. The van der Waals surface area contributed by atoms with E-state index in [-0.39, 0.29) is 6.04 Å². The van der Waals surface area contributed by atoms with Crippen LogP contribution in [0, 0.1) is 0 Å². The largest absolute Gasteiger partial charge is 0.497 e. The van der Waals surface area contributed by atoms with Gasteiger partial charge in [-0.25, -0.2) is 0 Å². The summed E-state index contributed by atoms with van der Waals surface area (Å²) >= 11 is 5.84. The van der Waals surface area contributed by atoms with Crippen LogP contribution in [0.15, 0.2) is 48.5 Å². The first-order valence-corrected chi connectivity index (χ1v) is 7.29. The molecular formula is C17H20ClNO2. The molecule has 0 radical (unpaired) electrons. The molecule has 0 saturated carbocycles. The highest BCUT2D eigenvalue weighted by Gasteiger charge is 2.11. The Labute approximate surface area is 130 Å². The summed E-state index contributed by atoms with van der Waals surface area (Å²) in [7, 11) is 1.65. The molecule has 21 heavy (non-hydrogen) atoms. The average molecular weight is 306 g/mol. The number of benzene rings is 2. The molecule has 2 unspecified atom stereocenters. The Balaban J connectivity index is 1.93. The van der Waals surface area contributed by atoms with Crippen LogP contribution in [0.4, 0.5) is 0 Å². The zero-order valence-electron chi connectivity index (χ0n) is 12.2. The standard InChI is InChI=1S/C17H20ClNO2/c1-12(14-4-3-5-16(10-14)21-2)19-11-17(20)13-6-8-15(18)9-7-13/h3-10,12,17,19-20H,11H2,1-2H3. The van der Waals surface area contributed by atoms with E-state index in [1.807, 2.05) is 36.4 Å². The minimum Gasteiger partial charge on any atom is -0.497 e. The molecule has 2 atom stereocenters. The van der Waals surface area contributed by atoms with Gasteiger partial charge in [-0.3, -0.25) is 0 Å². The molecule has 0 aliphatic rings. The minimum absolute atomic E-state index is 0.127. The van der Waals surface area contributed by atoms with Crippen molar-refractivity contribution in [1.82, 2.24) is 5.32 Å². The molecule has 0 spiro atoms. The van der Waals surface area contributed by atoms with Gasteiger partial charge in [-0.1, -0.05) is 35.9 Å². The number of hydrogen-bond donors (Lipinski definition) is 2. The number of rotatable bonds is 6. The number of nitrogens with one attached hydrogen (secondary N) is 1. The van der Waals surface area contributed by atoms with E-state index in [0.717, 1.165) is 16.9 Å². The summed E-state index contributed by atoms with van der Waals surface area (Å²) in [5, 5.41) is 14.2. The SMILES string of the molecule is COc1cccc(C(C)NCC(O)c2ccc(Cl)cc2)c1. The molecule has 4 heteroatoms.